The Balaban J connectivity index is 2.56. The van der Waals surface area contributed by atoms with Crippen LogP contribution < -0.4 is 5.73 Å². The van der Waals surface area contributed by atoms with Crippen LogP contribution in [-0.2, 0) is 6.42 Å². The molecule has 94 valence electrons. The van der Waals surface area contributed by atoms with E-state index in [2.05, 4.69) is 15.0 Å². The smallest absolute Gasteiger partial charge is 0.167 e. The molecule has 0 unspecified atom stereocenters. The maximum atomic E-state index is 13.8. The Bertz CT molecular complexity index is 554. The van der Waals surface area contributed by atoms with Crippen LogP contribution in [0.2, 0.25) is 5.02 Å². The maximum absolute atomic E-state index is 13.8. The van der Waals surface area contributed by atoms with E-state index in [1.54, 1.807) is 13.0 Å². The van der Waals surface area contributed by atoms with Crippen molar-refractivity contribution in [3.05, 3.63) is 40.7 Å². The number of aryl methyl sites for hydroxylation is 1. The zero-order chi connectivity index (χ0) is 13.1. The van der Waals surface area contributed by atoms with Gasteiger partial charge in [0.05, 0.1) is 10.6 Å². The molecule has 0 fully saturated rings. The third-order valence-electron chi connectivity index (χ3n) is 2.35. The summed E-state index contributed by atoms with van der Waals surface area (Å²) in [5.41, 5.74) is 5.66. The van der Waals surface area contributed by atoms with Crippen LogP contribution in [0.1, 0.15) is 11.6 Å². The fourth-order valence-corrected chi connectivity index (χ4v) is 1.85. The van der Waals surface area contributed by atoms with Crippen LogP contribution in [0.5, 0.6) is 0 Å². The molecule has 0 saturated carbocycles. The lowest BCUT2D eigenvalue weighted by atomic mass is 10.2. The molecule has 0 aliphatic carbocycles. The number of hydrogen-bond donors (Lipinski definition) is 1. The number of nitrogens with zero attached hydrogens (tertiary/aromatic N) is 3. The molecule has 4 nitrogen and oxygen atoms in total. The van der Waals surface area contributed by atoms with E-state index in [4.69, 9.17) is 17.3 Å². The van der Waals surface area contributed by atoms with E-state index in [1.807, 2.05) is 0 Å². The largest absolute Gasteiger partial charge is 0.330 e. The summed E-state index contributed by atoms with van der Waals surface area (Å²) >= 11 is 5.98. The maximum Gasteiger partial charge on any atom is 0.167 e. The molecule has 0 spiro atoms. The van der Waals surface area contributed by atoms with Crippen LogP contribution >= 0.6 is 11.6 Å². The number of rotatable bonds is 3. The van der Waals surface area contributed by atoms with Gasteiger partial charge in [0.15, 0.2) is 5.82 Å². The monoisotopic (exact) mass is 266 g/mol. The molecule has 2 aromatic rings. The highest BCUT2D eigenvalue weighted by molar-refractivity contribution is 6.33. The highest BCUT2D eigenvalue weighted by Gasteiger charge is 2.14. The summed E-state index contributed by atoms with van der Waals surface area (Å²) < 4.78 is 13.8. The van der Waals surface area contributed by atoms with Crippen molar-refractivity contribution in [2.24, 2.45) is 5.73 Å². The molecule has 0 amide bonds. The molecule has 18 heavy (non-hydrogen) atoms. The van der Waals surface area contributed by atoms with Crippen molar-refractivity contribution in [3.8, 4) is 11.4 Å². The summed E-state index contributed by atoms with van der Waals surface area (Å²) in [6, 6.07) is 4.46. The number of hydrogen-bond acceptors (Lipinski definition) is 4. The predicted molar refractivity (Wildman–Crippen MR) is 67.7 cm³/mol. The summed E-state index contributed by atoms with van der Waals surface area (Å²) in [7, 11) is 0. The highest BCUT2D eigenvalue weighted by Crippen LogP contribution is 2.27. The number of nitrogens with two attached hydrogens (primary N) is 1. The van der Waals surface area contributed by atoms with Gasteiger partial charge in [-0.3, -0.25) is 0 Å². The van der Waals surface area contributed by atoms with Gasteiger partial charge in [-0.05, 0) is 25.6 Å². The van der Waals surface area contributed by atoms with Gasteiger partial charge >= 0.3 is 0 Å². The SMILES string of the molecule is Cc1nc(CCN)nc(-c2c(F)cccc2Cl)n1. The molecule has 1 heterocycles. The quantitative estimate of drug-likeness (QED) is 0.924. The molecule has 0 bridgehead atoms. The average Bonchev–Trinajstić information content (AvgIpc) is 2.28. The van der Waals surface area contributed by atoms with Gasteiger partial charge in [-0.15, -0.1) is 0 Å². The van der Waals surface area contributed by atoms with E-state index in [-0.39, 0.29) is 16.4 Å². The Kier molecular flexibility index (Phi) is 3.84. The van der Waals surface area contributed by atoms with Crippen molar-refractivity contribution in [1.82, 2.24) is 15.0 Å². The zero-order valence-corrected chi connectivity index (χ0v) is 10.6. The van der Waals surface area contributed by atoms with Crippen LogP contribution in [-0.4, -0.2) is 21.5 Å². The lowest BCUT2D eigenvalue weighted by molar-refractivity contribution is 0.629. The van der Waals surface area contributed by atoms with Gasteiger partial charge in [0.1, 0.15) is 17.5 Å². The van der Waals surface area contributed by atoms with Crippen molar-refractivity contribution in [2.75, 3.05) is 6.54 Å². The highest BCUT2D eigenvalue weighted by atomic mass is 35.5. The normalized spacial score (nSPS) is 10.7. The molecule has 0 aliphatic heterocycles. The van der Waals surface area contributed by atoms with Gasteiger partial charge in [-0.25, -0.2) is 19.3 Å². The third-order valence-corrected chi connectivity index (χ3v) is 2.66. The van der Waals surface area contributed by atoms with E-state index < -0.39 is 5.82 Å². The van der Waals surface area contributed by atoms with Crippen molar-refractivity contribution < 1.29 is 4.39 Å². The summed E-state index contributed by atoms with van der Waals surface area (Å²) in [5, 5.41) is 0.277. The minimum atomic E-state index is -0.452. The Morgan fingerprint density at radius 2 is 2.06 bits per heavy atom. The van der Waals surface area contributed by atoms with E-state index in [0.29, 0.717) is 24.6 Å². The van der Waals surface area contributed by atoms with Gasteiger partial charge < -0.3 is 5.73 Å². The lowest BCUT2D eigenvalue weighted by Crippen LogP contribution is -2.09. The standard InChI is InChI=1S/C12H12ClFN4/c1-7-16-10(5-6-15)18-12(17-7)11-8(13)3-2-4-9(11)14/h2-4H,5-6,15H2,1H3. The van der Waals surface area contributed by atoms with Gasteiger partial charge in [0.2, 0.25) is 0 Å². The third kappa shape index (κ3) is 2.63. The lowest BCUT2D eigenvalue weighted by Gasteiger charge is -2.07. The van der Waals surface area contributed by atoms with Gasteiger partial charge in [-0.2, -0.15) is 0 Å². The molecule has 1 aromatic heterocycles. The molecular weight excluding hydrogens is 255 g/mol. The Morgan fingerprint density at radius 3 is 2.72 bits per heavy atom. The number of aromatic nitrogens is 3. The van der Waals surface area contributed by atoms with Crippen molar-refractivity contribution in [1.29, 1.82) is 0 Å². The van der Waals surface area contributed by atoms with E-state index in [1.165, 1.54) is 12.1 Å². The number of benzene rings is 1. The molecule has 0 aliphatic rings. The van der Waals surface area contributed by atoms with Gasteiger partial charge in [0.25, 0.3) is 0 Å². The summed E-state index contributed by atoms with van der Waals surface area (Å²) in [4.78, 5) is 12.4. The van der Waals surface area contributed by atoms with Crippen molar-refractivity contribution in [3.63, 3.8) is 0 Å². The Hall–Kier alpha value is -1.59. The Morgan fingerprint density at radius 1 is 1.28 bits per heavy atom. The van der Waals surface area contributed by atoms with E-state index in [9.17, 15) is 4.39 Å². The molecule has 0 saturated heterocycles. The van der Waals surface area contributed by atoms with E-state index >= 15 is 0 Å². The summed E-state index contributed by atoms with van der Waals surface area (Å²) in [6.45, 7) is 2.15. The first-order valence-corrected chi connectivity index (χ1v) is 5.85. The van der Waals surface area contributed by atoms with E-state index in [0.717, 1.165) is 0 Å². The van der Waals surface area contributed by atoms with Gasteiger partial charge in [-0.1, -0.05) is 17.7 Å². The predicted octanol–water partition coefficient (Wildman–Crippen LogP) is 2.14. The summed E-state index contributed by atoms with van der Waals surface area (Å²) in [6.07, 6.45) is 0.516. The second-order valence-electron chi connectivity index (χ2n) is 3.76. The zero-order valence-electron chi connectivity index (χ0n) is 9.82. The van der Waals surface area contributed by atoms with Crippen LogP contribution in [0.15, 0.2) is 18.2 Å². The fraction of sp³-hybridized carbons (Fsp3) is 0.250. The first-order chi connectivity index (χ1) is 8.61. The van der Waals surface area contributed by atoms with Gasteiger partial charge in [0, 0.05) is 6.42 Å². The average molecular weight is 267 g/mol. The Labute approximate surface area is 109 Å². The number of halogens is 2. The molecule has 0 atom stereocenters. The van der Waals surface area contributed by atoms with Crippen LogP contribution in [0, 0.1) is 12.7 Å². The topological polar surface area (TPSA) is 64.7 Å². The summed E-state index contributed by atoms with van der Waals surface area (Å²) in [5.74, 6) is 0.850. The van der Waals surface area contributed by atoms with Crippen LogP contribution in [0.4, 0.5) is 4.39 Å². The molecule has 2 rings (SSSR count). The first kappa shape index (κ1) is 12.9. The molecular formula is C12H12ClFN4. The van der Waals surface area contributed by atoms with Crippen molar-refractivity contribution >= 4 is 11.6 Å². The van der Waals surface area contributed by atoms with Crippen molar-refractivity contribution in [2.45, 2.75) is 13.3 Å². The molecule has 6 heteroatoms. The fourth-order valence-electron chi connectivity index (χ4n) is 1.60. The molecule has 2 N–H and O–H groups in total. The second kappa shape index (κ2) is 5.37. The molecule has 0 radical (unpaired) electrons. The second-order valence-corrected chi connectivity index (χ2v) is 4.16. The minimum Gasteiger partial charge on any atom is -0.330 e. The first-order valence-electron chi connectivity index (χ1n) is 5.48. The molecule has 1 aromatic carbocycles. The van der Waals surface area contributed by atoms with Crippen LogP contribution in [0.3, 0.4) is 0 Å². The van der Waals surface area contributed by atoms with Crippen LogP contribution in [0.25, 0.3) is 11.4 Å². The minimum absolute atomic E-state index is 0.197.